The largest absolute Gasteiger partial charge is 0.435 e. The second-order valence-electron chi connectivity index (χ2n) is 5.64. The molecule has 0 radical (unpaired) electrons. The van der Waals surface area contributed by atoms with Crippen LogP contribution in [0.5, 0.6) is 11.5 Å². The fourth-order valence-electron chi connectivity index (χ4n) is 2.63. The third kappa shape index (κ3) is 4.38. The summed E-state index contributed by atoms with van der Waals surface area (Å²) >= 11 is 5.96. The number of rotatable bonds is 5. The monoisotopic (exact) mass is 411 g/mol. The Hall–Kier alpha value is -2.63. The van der Waals surface area contributed by atoms with Gasteiger partial charge in [-0.05, 0) is 60.4 Å². The van der Waals surface area contributed by atoms with Gasteiger partial charge in [-0.2, -0.15) is 22.5 Å². The van der Waals surface area contributed by atoms with E-state index in [0.29, 0.717) is 17.5 Å². The first-order valence-electron chi connectivity index (χ1n) is 7.71. The average molecular weight is 412 g/mol. The Morgan fingerprint density at radius 3 is 2.59 bits per heavy atom. The highest BCUT2D eigenvalue weighted by Gasteiger charge is 2.25. The van der Waals surface area contributed by atoms with E-state index < -0.39 is 16.7 Å². The molecule has 2 aromatic rings. The first-order valence-corrected chi connectivity index (χ1v) is 9.49. The lowest BCUT2D eigenvalue weighted by molar-refractivity contribution is -0.0498. The molecule has 0 unspecified atom stereocenters. The van der Waals surface area contributed by atoms with E-state index in [4.69, 9.17) is 21.0 Å². The number of nitrogens with zero attached hydrogens (tertiary/aromatic N) is 1. The average Bonchev–Trinajstić information content (AvgIpc) is 2.62. The van der Waals surface area contributed by atoms with Crippen molar-refractivity contribution < 1.29 is 26.1 Å². The van der Waals surface area contributed by atoms with Gasteiger partial charge in [0.05, 0.1) is 21.6 Å². The van der Waals surface area contributed by atoms with E-state index in [0.717, 1.165) is 0 Å². The molecule has 0 fully saturated rings. The van der Waals surface area contributed by atoms with Crippen molar-refractivity contribution in [1.82, 2.24) is 0 Å². The maximum atomic E-state index is 12.5. The van der Waals surface area contributed by atoms with Crippen LogP contribution in [0.3, 0.4) is 0 Å². The van der Waals surface area contributed by atoms with E-state index in [2.05, 4.69) is 4.74 Å². The van der Waals surface area contributed by atoms with Crippen molar-refractivity contribution in [2.75, 3.05) is 0 Å². The molecule has 0 bridgehead atoms. The molecule has 0 saturated carbocycles. The van der Waals surface area contributed by atoms with Crippen LogP contribution in [0.4, 0.5) is 8.78 Å². The Balaban J connectivity index is 1.86. The molecule has 1 aliphatic rings. The highest BCUT2D eigenvalue weighted by molar-refractivity contribution is 7.91. The summed E-state index contributed by atoms with van der Waals surface area (Å²) in [5.41, 5.74) is 1.55. The van der Waals surface area contributed by atoms with Gasteiger partial charge in [0.2, 0.25) is 0 Å². The smallest absolute Gasteiger partial charge is 0.387 e. The van der Waals surface area contributed by atoms with Crippen molar-refractivity contribution in [1.29, 1.82) is 5.26 Å². The van der Waals surface area contributed by atoms with E-state index >= 15 is 0 Å². The van der Waals surface area contributed by atoms with Crippen LogP contribution in [-0.4, -0.2) is 15.0 Å². The van der Waals surface area contributed by atoms with Gasteiger partial charge in [-0.25, -0.2) is 0 Å². The van der Waals surface area contributed by atoms with Gasteiger partial charge in [0.1, 0.15) is 5.75 Å². The molecule has 0 aliphatic heterocycles. The molecular weight excluding hydrogens is 400 g/mol. The Labute approximate surface area is 159 Å². The predicted molar refractivity (Wildman–Crippen MR) is 95.1 cm³/mol. The van der Waals surface area contributed by atoms with Crippen molar-refractivity contribution in [3.05, 3.63) is 63.0 Å². The molecule has 0 amide bonds. The molecule has 1 aliphatic carbocycles. The number of alkyl halides is 2. The number of ether oxygens (including phenoxy) is 1. The van der Waals surface area contributed by atoms with Crippen LogP contribution in [0.15, 0.2) is 41.3 Å². The van der Waals surface area contributed by atoms with E-state index in [1.165, 1.54) is 42.5 Å². The fourth-order valence-corrected chi connectivity index (χ4v) is 4.00. The summed E-state index contributed by atoms with van der Waals surface area (Å²) in [6.07, 6.45) is 1.89. The van der Waals surface area contributed by atoms with E-state index in [1.807, 2.05) is 6.07 Å². The third-order valence-corrected chi connectivity index (χ3v) is 5.54. The minimum atomic E-state index is -4.11. The SMILES string of the molecule is N#Cc1ccc(OS(=O)(=O)C2=Cc3ccc(OC(F)F)cc3CC2)c(Cl)c1. The zero-order valence-electron chi connectivity index (χ0n) is 13.7. The summed E-state index contributed by atoms with van der Waals surface area (Å²) in [7, 11) is -4.11. The Morgan fingerprint density at radius 2 is 1.93 bits per heavy atom. The molecule has 0 heterocycles. The summed E-state index contributed by atoms with van der Waals surface area (Å²) in [6.45, 7) is -2.93. The first-order chi connectivity index (χ1) is 12.8. The molecule has 0 N–H and O–H groups in total. The van der Waals surface area contributed by atoms with Gasteiger partial charge in [0.25, 0.3) is 0 Å². The summed E-state index contributed by atoms with van der Waals surface area (Å²) in [5.74, 6) is -0.0629. The van der Waals surface area contributed by atoms with Crippen molar-refractivity contribution in [3.8, 4) is 17.6 Å². The second kappa shape index (κ2) is 7.55. The van der Waals surface area contributed by atoms with Crippen molar-refractivity contribution >= 4 is 27.8 Å². The number of fused-ring (bicyclic) bond motifs is 1. The third-order valence-electron chi connectivity index (χ3n) is 3.88. The molecule has 5 nitrogen and oxygen atoms in total. The summed E-state index contributed by atoms with van der Waals surface area (Å²) in [6, 6.07) is 10.2. The van der Waals surface area contributed by atoms with Crippen LogP contribution in [0.1, 0.15) is 23.1 Å². The van der Waals surface area contributed by atoms with E-state index in [-0.39, 0.29) is 33.4 Å². The van der Waals surface area contributed by atoms with Gasteiger partial charge >= 0.3 is 16.7 Å². The molecular formula is C18H12ClF2NO4S. The number of halogens is 3. The number of aryl methyl sites for hydroxylation is 1. The topological polar surface area (TPSA) is 76.4 Å². The number of benzene rings is 2. The number of hydrogen-bond acceptors (Lipinski definition) is 5. The second-order valence-corrected chi connectivity index (χ2v) is 7.65. The standard InChI is InChI=1S/C18H12ClF2NO4S/c19-16-7-11(10-22)1-6-17(16)26-27(23,24)15-5-3-12-8-14(25-18(20)21)4-2-13(12)9-15/h1-2,4,6-9,18H,3,5H2. The van der Waals surface area contributed by atoms with E-state index in [1.54, 1.807) is 0 Å². The lowest BCUT2D eigenvalue weighted by Gasteiger charge is -2.18. The van der Waals surface area contributed by atoms with Crippen LogP contribution < -0.4 is 8.92 Å². The molecule has 140 valence electrons. The maximum absolute atomic E-state index is 12.5. The fraction of sp³-hybridized carbons (Fsp3) is 0.167. The van der Waals surface area contributed by atoms with Crippen molar-refractivity contribution in [2.45, 2.75) is 19.5 Å². The number of hydrogen-bond donors (Lipinski definition) is 0. The van der Waals surface area contributed by atoms with Crippen LogP contribution in [0.25, 0.3) is 6.08 Å². The molecule has 0 aromatic heterocycles. The summed E-state index contributed by atoms with van der Waals surface area (Å²) < 4.78 is 59.1. The molecule has 2 aromatic carbocycles. The van der Waals surface area contributed by atoms with Crippen molar-refractivity contribution in [3.63, 3.8) is 0 Å². The molecule has 0 saturated heterocycles. The maximum Gasteiger partial charge on any atom is 0.387 e. The predicted octanol–water partition coefficient (Wildman–Crippen LogP) is 4.51. The normalized spacial score (nSPS) is 13.5. The van der Waals surface area contributed by atoms with Crippen LogP contribution in [0.2, 0.25) is 5.02 Å². The zero-order valence-corrected chi connectivity index (χ0v) is 15.2. The summed E-state index contributed by atoms with van der Waals surface area (Å²) in [4.78, 5) is 0.0398. The molecule has 0 spiro atoms. The highest BCUT2D eigenvalue weighted by Crippen LogP contribution is 2.33. The van der Waals surface area contributed by atoms with Gasteiger partial charge in [0, 0.05) is 0 Å². The quantitative estimate of drug-likeness (QED) is 0.676. The minimum Gasteiger partial charge on any atom is -0.435 e. The van der Waals surface area contributed by atoms with Crippen molar-refractivity contribution in [2.24, 2.45) is 0 Å². The lowest BCUT2D eigenvalue weighted by Crippen LogP contribution is -2.15. The Bertz CT molecular complexity index is 1060. The highest BCUT2D eigenvalue weighted by atomic mass is 35.5. The van der Waals surface area contributed by atoms with Gasteiger partial charge in [-0.3, -0.25) is 0 Å². The zero-order chi connectivity index (χ0) is 19.6. The lowest BCUT2D eigenvalue weighted by atomic mass is 9.97. The molecule has 3 rings (SSSR count). The van der Waals surface area contributed by atoms with Crippen LogP contribution >= 0.6 is 11.6 Å². The first kappa shape index (κ1) is 19.1. The van der Waals surface area contributed by atoms with Gasteiger partial charge in [0.15, 0.2) is 5.75 Å². The van der Waals surface area contributed by atoms with Gasteiger partial charge in [-0.1, -0.05) is 17.7 Å². The molecule has 27 heavy (non-hydrogen) atoms. The number of nitriles is 1. The molecule has 9 heteroatoms. The number of allylic oxidation sites excluding steroid dienone is 1. The van der Waals surface area contributed by atoms with E-state index in [9.17, 15) is 17.2 Å². The summed E-state index contributed by atoms with van der Waals surface area (Å²) in [5, 5.41) is 8.83. The van der Waals surface area contributed by atoms with Crippen LogP contribution in [0, 0.1) is 11.3 Å². The Kier molecular flexibility index (Phi) is 5.35. The van der Waals surface area contributed by atoms with Crippen LogP contribution in [-0.2, 0) is 16.5 Å². The minimum absolute atomic E-state index is 0.00299. The van der Waals surface area contributed by atoms with Gasteiger partial charge in [-0.15, -0.1) is 0 Å². The van der Waals surface area contributed by atoms with Gasteiger partial charge < -0.3 is 8.92 Å². The Morgan fingerprint density at radius 1 is 1.15 bits per heavy atom. The molecule has 0 atom stereocenters.